The van der Waals surface area contributed by atoms with Crippen LogP contribution in [0.4, 0.5) is 0 Å². The lowest BCUT2D eigenvalue weighted by molar-refractivity contribution is -0.0220. The van der Waals surface area contributed by atoms with E-state index in [4.69, 9.17) is 4.74 Å². The van der Waals surface area contributed by atoms with Crippen molar-refractivity contribution in [3.05, 3.63) is 23.3 Å². The van der Waals surface area contributed by atoms with Crippen molar-refractivity contribution in [1.29, 1.82) is 0 Å². The Morgan fingerprint density at radius 3 is 2.52 bits per heavy atom. The molecule has 21 heavy (non-hydrogen) atoms. The predicted molar refractivity (Wildman–Crippen MR) is 90.5 cm³/mol. The third-order valence-corrected chi connectivity index (χ3v) is 5.22. The molecule has 2 nitrogen and oxygen atoms in total. The maximum atomic E-state index is 6.32. The molecule has 0 aromatic carbocycles. The molecule has 2 aliphatic rings. The Hall–Kier alpha value is -0.600. The van der Waals surface area contributed by atoms with E-state index in [-0.39, 0.29) is 0 Å². The standard InChI is InChI=1S/C19H33NO/c1-6-8-17-16(7-2)13-19(9-11-20(5)12-10-19)14-18(17)21-15(3)4/h6,8,15,18H,7,9-14H2,1-5H3/b8-6-. The maximum absolute atomic E-state index is 6.32. The maximum Gasteiger partial charge on any atom is 0.0833 e. The molecular formula is C19H33NO. The number of nitrogens with zero attached hydrogens (tertiary/aromatic N) is 1. The molecule has 1 saturated heterocycles. The van der Waals surface area contributed by atoms with E-state index in [1.165, 1.54) is 44.3 Å². The molecule has 0 saturated carbocycles. The number of hydrogen-bond acceptors (Lipinski definition) is 2. The smallest absolute Gasteiger partial charge is 0.0833 e. The average molecular weight is 291 g/mol. The van der Waals surface area contributed by atoms with Crippen molar-refractivity contribution < 1.29 is 4.74 Å². The van der Waals surface area contributed by atoms with E-state index in [1.54, 1.807) is 5.57 Å². The molecule has 0 bridgehead atoms. The second-order valence-electron chi connectivity index (χ2n) is 7.27. The monoisotopic (exact) mass is 291 g/mol. The topological polar surface area (TPSA) is 12.5 Å². The van der Waals surface area contributed by atoms with Gasteiger partial charge in [0.1, 0.15) is 0 Å². The van der Waals surface area contributed by atoms with Gasteiger partial charge in [-0.05, 0) is 84.0 Å². The van der Waals surface area contributed by atoms with Crippen molar-refractivity contribution >= 4 is 0 Å². The van der Waals surface area contributed by atoms with Gasteiger partial charge >= 0.3 is 0 Å². The summed E-state index contributed by atoms with van der Waals surface area (Å²) in [6, 6.07) is 0. The van der Waals surface area contributed by atoms with Crippen LogP contribution in [0.1, 0.15) is 59.8 Å². The summed E-state index contributed by atoms with van der Waals surface area (Å²) in [5.41, 5.74) is 3.59. The zero-order valence-corrected chi connectivity index (χ0v) is 14.6. The first-order valence-corrected chi connectivity index (χ1v) is 8.68. The fourth-order valence-corrected chi connectivity index (χ4v) is 4.02. The van der Waals surface area contributed by atoms with Crippen molar-refractivity contribution in [2.24, 2.45) is 5.41 Å². The number of piperidine rings is 1. The molecule has 0 aromatic heterocycles. The predicted octanol–water partition coefficient (Wildman–Crippen LogP) is 4.57. The van der Waals surface area contributed by atoms with Crippen molar-refractivity contribution in [3.63, 3.8) is 0 Å². The molecule has 1 unspecified atom stereocenters. The zero-order valence-electron chi connectivity index (χ0n) is 14.6. The van der Waals surface area contributed by atoms with Crippen LogP contribution in [0, 0.1) is 5.41 Å². The summed E-state index contributed by atoms with van der Waals surface area (Å²) >= 11 is 0. The van der Waals surface area contributed by atoms with E-state index in [9.17, 15) is 0 Å². The molecular weight excluding hydrogens is 258 g/mol. The fraction of sp³-hybridized carbons (Fsp3) is 0.789. The van der Waals surface area contributed by atoms with Crippen LogP contribution in [0.2, 0.25) is 0 Å². The van der Waals surface area contributed by atoms with Gasteiger partial charge in [-0.3, -0.25) is 0 Å². The Morgan fingerprint density at radius 1 is 1.33 bits per heavy atom. The molecule has 120 valence electrons. The first kappa shape index (κ1) is 16.8. The Labute approximate surface area is 131 Å². The van der Waals surface area contributed by atoms with Crippen LogP contribution in [0.5, 0.6) is 0 Å². The quantitative estimate of drug-likeness (QED) is 0.752. The third kappa shape index (κ3) is 3.98. The molecule has 1 aliphatic carbocycles. The molecule has 1 atom stereocenters. The molecule has 1 aliphatic heterocycles. The highest BCUT2D eigenvalue weighted by Gasteiger charge is 2.41. The van der Waals surface area contributed by atoms with Crippen LogP contribution in [0.25, 0.3) is 0 Å². The van der Waals surface area contributed by atoms with Gasteiger partial charge in [0.15, 0.2) is 0 Å². The summed E-state index contributed by atoms with van der Waals surface area (Å²) in [5.74, 6) is 0. The van der Waals surface area contributed by atoms with Gasteiger partial charge in [-0.2, -0.15) is 0 Å². The van der Waals surface area contributed by atoms with Gasteiger partial charge < -0.3 is 9.64 Å². The largest absolute Gasteiger partial charge is 0.371 e. The summed E-state index contributed by atoms with van der Waals surface area (Å²) < 4.78 is 6.32. The van der Waals surface area contributed by atoms with E-state index in [0.717, 1.165) is 6.42 Å². The van der Waals surface area contributed by atoms with Crippen LogP contribution in [0.15, 0.2) is 23.3 Å². The Bertz CT molecular complexity index is 400. The minimum Gasteiger partial charge on any atom is -0.371 e. The van der Waals surface area contributed by atoms with E-state index >= 15 is 0 Å². The number of allylic oxidation sites excluding steroid dienone is 2. The van der Waals surface area contributed by atoms with Crippen molar-refractivity contribution in [2.45, 2.75) is 72.0 Å². The minimum absolute atomic E-state index is 0.299. The Morgan fingerprint density at radius 2 is 2.00 bits per heavy atom. The number of rotatable bonds is 4. The first-order chi connectivity index (χ1) is 9.99. The molecule has 1 spiro atoms. The van der Waals surface area contributed by atoms with E-state index in [2.05, 4.69) is 51.8 Å². The SMILES string of the molecule is C/C=C\C1=C(CC)CC2(CCN(C)CC2)CC1OC(C)C. The van der Waals surface area contributed by atoms with Gasteiger partial charge in [0.2, 0.25) is 0 Å². The van der Waals surface area contributed by atoms with Crippen LogP contribution < -0.4 is 0 Å². The lowest BCUT2D eigenvalue weighted by atomic mass is 9.64. The lowest BCUT2D eigenvalue weighted by Crippen LogP contribution is -2.43. The Kier molecular flexibility index (Phi) is 5.67. The van der Waals surface area contributed by atoms with Gasteiger partial charge in [0, 0.05) is 0 Å². The van der Waals surface area contributed by atoms with Crippen LogP contribution in [-0.4, -0.2) is 37.2 Å². The lowest BCUT2D eigenvalue weighted by Gasteiger charge is -2.47. The van der Waals surface area contributed by atoms with E-state index in [1.807, 2.05) is 0 Å². The molecule has 0 amide bonds. The highest BCUT2D eigenvalue weighted by atomic mass is 16.5. The summed E-state index contributed by atoms with van der Waals surface area (Å²) in [5, 5.41) is 0. The summed E-state index contributed by atoms with van der Waals surface area (Å²) in [7, 11) is 2.25. The van der Waals surface area contributed by atoms with Crippen LogP contribution >= 0.6 is 0 Å². The summed E-state index contributed by atoms with van der Waals surface area (Å²) in [6.07, 6.45) is 11.4. The zero-order chi connectivity index (χ0) is 15.5. The highest BCUT2D eigenvalue weighted by Crippen LogP contribution is 2.48. The van der Waals surface area contributed by atoms with Crippen LogP contribution in [0.3, 0.4) is 0 Å². The average Bonchev–Trinajstić information content (AvgIpc) is 2.44. The van der Waals surface area contributed by atoms with Crippen molar-refractivity contribution in [3.8, 4) is 0 Å². The molecule has 0 radical (unpaired) electrons. The summed E-state index contributed by atoms with van der Waals surface area (Å²) in [4.78, 5) is 2.47. The van der Waals surface area contributed by atoms with E-state index < -0.39 is 0 Å². The second-order valence-corrected chi connectivity index (χ2v) is 7.27. The highest BCUT2D eigenvalue weighted by molar-refractivity contribution is 5.33. The van der Waals surface area contributed by atoms with E-state index in [0.29, 0.717) is 17.6 Å². The molecule has 0 N–H and O–H groups in total. The third-order valence-electron chi connectivity index (χ3n) is 5.22. The normalized spacial score (nSPS) is 27.2. The number of likely N-dealkylation sites (tertiary alicyclic amines) is 1. The van der Waals surface area contributed by atoms with Gasteiger partial charge in [0.25, 0.3) is 0 Å². The summed E-state index contributed by atoms with van der Waals surface area (Å²) in [6.45, 7) is 11.2. The number of ether oxygens (including phenoxy) is 1. The van der Waals surface area contributed by atoms with Crippen molar-refractivity contribution in [2.75, 3.05) is 20.1 Å². The second kappa shape index (κ2) is 7.11. The number of hydrogen-bond donors (Lipinski definition) is 0. The van der Waals surface area contributed by atoms with Crippen molar-refractivity contribution in [1.82, 2.24) is 4.90 Å². The van der Waals surface area contributed by atoms with Gasteiger partial charge in [-0.15, -0.1) is 0 Å². The van der Waals surface area contributed by atoms with Gasteiger partial charge in [-0.1, -0.05) is 24.6 Å². The first-order valence-electron chi connectivity index (χ1n) is 8.68. The fourth-order valence-electron chi connectivity index (χ4n) is 4.02. The van der Waals surface area contributed by atoms with Gasteiger partial charge in [-0.25, -0.2) is 0 Å². The molecule has 1 fully saturated rings. The molecule has 0 aromatic rings. The molecule has 1 heterocycles. The molecule has 2 rings (SSSR count). The van der Waals surface area contributed by atoms with Crippen LogP contribution in [-0.2, 0) is 4.74 Å². The molecule has 2 heteroatoms. The Balaban J connectivity index is 2.27. The van der Waals surface area contributed by atoms with Gasteiger partial charge in [0.05, 0.1) is 12.2 Å². The minimum atomic E-state index is 0.299.